The van der Waals surface area contributed by atoms with Crippen molar-refractivity contribution in [1.82, 2.24) is 9.55 Å². The molecule has 0 aromatic carbocycles. The van der Waals surface area contributed by atoms with Crippen molar-refractivity contribution < 1.29 is 66.5 Å². The van der Waals surface area contributed by atoms with Gasteiger partial charge in [0.25, 0.3) is 0 Å². The first-order chi connectivity index (χ1) is 13.5. The van der Waals surface area contributed by atoms with Crippen molar-refractivity contribution in [3.05, 3.63) is 27.4 Å². The molecule has 21 heteroatoms. The van der Waals surface area contributed by atoms with E-state index in [1.54, 1.807) is 0 Å². The molecule has 30 heavy (non-hydrogen) atoms. The fourth-order valence-electron chi connectivity index (χ4n) is 2.27. The normalized spacial score (nSPS) is 29.8. The van der Waals surface area contributed by atoms with E-state index in [2.05, 4.69) is 18.1 Å². The molecule has 1 aliphatic rings. The summed E-state index contributed by atoms with van der Waals surface area (Å²) < 4.78 is 50.4. The lowest BCUT2D eigenvalue weighted by molar-refractivity contribution is -0.161. The first-order valence-corrected chi connectivity index (χ1v) is 12.3. The molecule has 7 atom stereocenters. The smallest absolute Gasteiger partial charge is 0.387 e. The molecule has 0 radical (unpaired) electrons. The van der Waals surface area contributed by atoms with E-state index in [-0.39, 0.29) is 4.64 Å². The van der Waals surface area contributed by atoms with Crippen molar-refractivity contribution in [2.45, 2.75) is 30.8 Å². The Bertz CT molecular complexity index is 1030. The van der Waals surface area contributed by atoms with Gasteiger partial charge >= 0.3 is 29.2 Å². The number of hydrogen-bond acceptors (Lipinski definition) is 12. The lowest BCUT2D eigenvalue weighted by Gasteiger charge is -2.23. The first kappa shape index (κ1) is 25.6. The van der Waals surface area contributed by atoms with Gasteiger partial charge in [-0.1, -0.05) is 12.2 Å². The van der Waals surface area contributed by atoms with Gasteiger partial charge in [0.2, 0.25) is 0 Å². The van der Waals surface area contributed by atoms with Crippen molar-refractivity contribution in [2.75, 3.05) is 0 Å². The van der Waals surface area contributed by atoms with E-state index in [0.717, 1.165) is 10.8 Å². The number of phosphoric acid groups is 3. The highest BCUT2D eigenvalue weighted by Crippen LogP contribution is 2.66. The zero-order chi connectivity index (χ0) is 23.1. The van der Waals surface area contributed by atoms with Gasteiger partial charge in [0.15, 0.2) is 12.5 Å². The van der Waals surface area contributed by atoms with Crippen LogP contribution in [0.15, 0.2) is 17.1 Å². The van der Waals surface area contributed by atoms with Crippen LogP contribution in [0.2, 0.25) is 0 Å². The van der Waals surface area contributed by atoms with Gasteiger partial charge in [0.1, 0.15) is 23.0 Å². The Kier molecular flexibility index (Phi) is 7.74. The summed E-state index contributed by atoms with van der Waals surface area (Å²) in [5.41, 5.74) is -0.873. The molecule has 0 amide bonds. The van der Waals surface area contributed by atoms with E-state index in [0.29, 0.717) is 0 Å². The van der Waals surface area contributed by atoms with Crippen LogP contribution in [0.1, 0.15) is 6.23 Å². The van der Waals surface area contributed by atoms with Gasteiger partial charge in [-0.05, 0) is 6.07 Å². The van der Waals surface area contributed by atoms with Crippen LogP contribution in [-0.4, -0.2) is 69.0 Å². The van der Waals surface area contributed by atoms with Gasteiger partial charge in [0.05, 0.1) is 0 Å². The predicted octanol–water partition coefficient (Wildman–Crippen LogP) is -1.81. The van der Waals surface area contributed by atoms with Crippen LogP contribution in [0.5, 0.6) is 0 Å². The summed E-state index contributed by atoms with van der Waals surface area (Å²) >= 11 is 4.73. The van der Waals surface area contributed by atoms with Crippen molar-refractivity contribution in [2.24, 2.45) is 0 Å². The highest BCUT2D eigenvalue weighted by Gasteiger charge is 2.50. The van der Waals surface area contributed by atoms with Crippen LogP contribution in [0, 0.1) is 4.64 Å². The number of phosphoric ester groups is 1. The predicted molar refractivity (Wildman–Crippen MR) is 92.8 cm³/mol. The molecule has 0 spiro atoms. The monoisotopic (exact) mass is 516 g/mol. The third-order valence-electron chi connectivity index (χ3n) is 3.34. The molecule has 1 aromatic rings. The largest absolute Gasteiger partial charge is 0.490 e. The van der Waals surface area contributed by atoms with E-state index in [4.69, 9.17) is 31.6 Å². The zero-order valence-electron chi connectivity index (χ0n) is 14.1. The average molecular weight is 516 g/mol. The van der Waals surface area contributed by atoms with Crippen LogP contribution in [0.3, 0.4) is 0 Å². The van der Waals surface area contributed by atoms with Gasteiger partial charge in [-0.15, -0.1) is 0 Å². The summed E-state index contributed by atoms with van der Waals surface area (Å²) in [4.78, 5) is 49.4. The number of hydrogen-bond donors (Lipinski definition) is 8. The quantitative estimate of drug-likeness (QED) is 0.107. The number of aliphatic hydroxyl groups is 3. The summed E-state index contributed by atoms with van der Waals surface area (Å²) in [5, 5.41) is 29.9. The molecule has 0 saturated carbocycles. The molecule has 1 fully saturated rings. The number of ether oxygens (including phenoxy) is 1. The minimum Gasteiger partial charge on any atom is -0.387 e. The number of nitrogens with one attached hydrogen (secondary N) is 1. The first-order valence-electron chi connectivity index (χ1n) is 7.35. The number of aliphatic hydroxyl groups excluding tert-OH is 3. The van der Waals surface area contributed by atoms with Crippen molar-refractivity contribution in [3.8, 4) is 0 Å². The Labute approximate surface area is 170 Å². The molecule has 17 nitrogen and oxygen atoms in total. The van der Waals surface area contributed by atoms with Crippen LogP contribution in [0.25, 0.3) is 0 Å². The third-order valence-corrected chi connectivity index (χ3v) is 7.39. The van der Waals surface area contributed by atoms with Gasteiger partial charge < -0.3 is 39.6 Å². The van der Waals surface area contributed by atoms with Crippen molar-refractivity contribution in [3.63, 3.8) is 0 Å². The maximum absolute atomic E-state index is 11.9. The van der Waals surface area contributed by atoms with E-state index in [1.807, 2.05) is 0 Å². The average Bonchev–Trinajstić information content (AvgIpc) is 2.79. The van der Waals surface area contributed by atoms with Crippen LogP contribution in [-0.2, 0) is 31.6 Å². The Morgan fingerprint density at radius 3 is 2.23 bits per heavy atom. The summed E-state index contributed by atoms with van der Waals surface area (Å²) in [6.07, 6.45) is -9.01. The van der Waals surface area contributed by atoms with Gasteiger partial charge in [-0.25, -0.2) is 18.5 Å². The third kappa shape index (κ3) is 6.67. The van der Waals surface area contributed by atoms with Gasteiger partial charge in [-0.2, -0.15) is 8.62 Å². The van der Waals surface area contributed by atoms with E-state index >= 15 is 0 Å². The molecule has 1 aliphatic heterocycles. The molecular formula is C9H15N2O15P3S. The molecule has 8 N–H and O–H groups in total. The second-order valence-electron chi connectivity index (χ2n) is 5.58. The topological polar surface area (TPSA) is 268 Å². The molecule has 0 bridgehead atoms. The molecule has 2 heterocycles. The van der Waals surface area contributed by atoms with Gasteiger partial charge in [-0.3, -0.25) is 14.1 Å². The Balaban J connectivity index is 2.14. The van der Waals surface area contributed by atoms with Crippen molar-refractivity contribution >= 4 is 35.7 Å². The second-order valence-corrected chi connectivity index (χ2v) is 10.4. The number of H-pyrrole nitrogens is 1. The standard InChI is InChI=1S/C9H15N2O15P3S/c12-4-5(13)7(11-2-1-3(30)10-9(11)15)23-6(4)8(14)24-28(19,20)26-29(21,22)25-27(16,17)18/h1-2,4-8,12-14H,(H,19,20)(H,21,22)(H,10,15,30)(H2,16,17,18)/t4-,5+,6-,7+,8?/m0/s1. The summed E-state index contributed by atoms with van der Waals surface area (Å²) in [6, 6.07) is 1.23. The SMILES string of the molecule is O=c1[nH]c(=S)ccn1[C@@H]1O[C@H](C(O)OP(=O)(O)OP(=O)(O)OP(=O)(O)O)[C@@H](O)[C@H]1O. The minimum absolute atomic E-state index is 0.0357. The van der Waals surface area contributed by atoms with Crippen molar-refractivity contribution in [1.29, 1.82) is 0 Å². The number of nitrogens with zero attached hydrogens (tertiary/aromatic N) is 1. The number of rotatable bonds is 8. The molecule has 172 valence electrons. The van der Waals surface area contributed by atoms with Crippen LogP contribution >= 0.6 is 35.7 Å². The number of aromatic amines is 1. The Hall–Kier alpha value is -0.650. The molecule has 2 rings (SSSR count). The Morgan fingerprint density at radius 2 is 1.70 bits per heavy atom. The summed E-state index contributed by atoms with van der Waals surface area (Å²) in [6.45, 7) is 0. The van der Waals surface area contributed by atoms with E-state index < -0.39 is 60.0 Å². The lowest BCUT2D eigenvalue weighted by atomic mass is 10.1. The number of aromatic nitrogens is 2. The zero-order valence-corrected chi connectivity index (χ0v) is 17.6. The molecule has 1 saturated heterocycles. The molecule has 0 aliphatic carbocycles. The van der Waals surface area contributed by atoms with Crippen LogP contribution < -0.4 is 5.69 Å². The lowest BCUT2D eigenvalue weighted by Crippen LogP contribution is -2.39. The minimum atomic E-state index is -5.85. The maximum Gasteiger partial charge on any atom is 0.490 e. The maximum atomic E-state index is 11.9. The van der Waals surface area contributed by atoms with E-state index in [1.165, 1.54) is 6.07 Å². The molecule has 3 unspecified atom stereocenters. The fraction of sp³-hybridized carbons (Fsp3) is 0.556. The molecular weight excluding hydrogens is 501 g/mol. The molecule has 1 aromatic heterocycles. The second kappa shape index (κ2) is 9.07. The summed E-state index contributed by atoms with van der Waals surface area (Å²) in [7, 11) is -17.2. The highest BCUT2D eigenvalue weighted by molar-refractivity contribution is 7.71. The summed E-state index contributed by atoms with van der Waals surface area (Å²) in [5.74, 6) is 0. The van der Waals surface area contributed by atoms with E-state index in [9.17, 15) is 38.7 Å². The van der Waals surface area contributed by atoms with Crippen LogP contribution in [0.4, 0.5) is 0 Å². The Morgan fingerprint density at radius 1 is 1.10 bits per heavy atom. The fourth-order valence-corrected chi connectivity index (χ4v) is 5.48. The highest BCUT2D eigenvalue weighted by atomic mass is 32.1. The van der Waals surface area contributed by atoms with Gasteiger partial charge in [0, 0.05) is 6.20 Å².